The Bertz CT molecular complexity index is 407. The predicted octanol–water partition coefficient (Wildman–Crippen LogP) is 2.37. The van der Waals surface area contributed by atoms with Crippen LogP contribution in [0.1, 0.15) is 49.3 Å². The minimum atomic E-state index is 0.0334. The summed E-state index contributed by atoms with van der Waals surface area (Å²) in [6.45, 7) is 5.76. The van der Waals surface area contributed by atoms with Gasteiger partial charge in [-0.3, -0.25) is 4.79 Å². The van der Waals surface area contributed by atoms with Gasteiger partial charge in [-0.1, -0.05) is 24.2 Å². The number of rotatable bonds is 3. The molecule has 18 heavy (non-hydrogen) atoms. The lowest BCUT2D eigenvalue weighted by atomic mass is 10.1. The van der Waals surface area contributed by atoms with Crippen molar-refractivity contribution < 1.29 is 4.79 Å². The molecule has 1 aliphatic rings. The number of hydrogen-bond acceptors (Lipinski definition) is 5. The SMILES string of the molecule is CCNc1nnc(C(=O)N2CCCCCC2C)s1. The molecule has 2 rings (SSSR count). The van der Waals surface area contributed by atoms with Gasteiger partial charge >= 0.3 is 0 Å². The maximum Gasteiger partial charge on any atom is 0.285 e. The van der Waals surface area contributed by atoms with Crippen LogP contribution < -0.4 is 5.32 Å². The molecule has 1 fully saturated rings. The summed E-state index contributed by atoms with van der Waals surface area (Å²) >= 11 is 1.34. The highest BCUT2D eigenvalue weighted by atomic mass is 32.1. The molecule has 6 heteroatoms. The molecule has 1 aromatic heterocycles. The van der Waals surface area contributed by atoms with Crippen molar-refractivity contribution in [3.05, 3.63) is 5.01 Å². The van der Waals surface area contributed by atoms with E-state index < -0.39 is 0 Å². The van der Waals surface area contributed by atoms with E-state index in [0.29, 0.717) is 11.0 Å². The standard InChI is InChI=1S/C12H20N4OS/c1-3-13-12-15-14-10(18-12)11(17)16-8-6-4-5-7-9(16)2/h9H,3-8H2,1-2H3,(H,13,15). The third kappa shape index (κ3) is 2.98. The second kappa shape index (κ2) is 6.13. The van der Waals surface area contributed by atoms with Gasteiger partial charge in [-0.25, -0.2) is 0 Å². The van der Waals surface area contributed by atoms with Crippen LogP contribution in [0, 0.1) is 0 Å². The predicted molar refractivity (Wildman–Crippen MR) is 73.0 cm³/mol. The van der Waals surface area contributed by atoms with Crippen LogP contribution in [0.25, 0.3) is 0 Å². The van der Waals surface area contributed by atoms with Crippen molar-refractivity contribution in [2.75, 3.05) is 18.4 Å². The smallest absolute Gasteiger partial charge is 0.285 e. The fourth-order valence-electron chi connectivity index (χ4n) is 2.23. The van der Waals surface area contributed by atoms with E-state index in [1.807, 2.05) is 11.8 Å². The lowest BCUT2D eigenvalue weighted by Crippen LogP contribution is -2.38. The topological polar surface area (TPSA) is 58.1 Å². The fourth-order valence-corrected chi connectivity index (χ4v) is 3.00. The number of hydrogen-bond donors (Lipinski definition) is 1. The molecule has 0 saturated carbocycles. The van der Waals surface area contributed by atoms with Gasteiger partial charge in [0.1, 0.15) is 0 Å². The third-order valence-electron chi connectivity index (χ3n) is 3.25. The van der Waals surface area contributed by atoms with Crippen molar-refractivity contribution in [1.29, 1.82) is 0 Å². The van der Waals surface area contributed by atoms with Crippen molar-refractivity contribution in [3.8, 4) is 0 Å². The maximum atomic E-state index is 12.4. The highest BCUT2D eigenvalue weighted by Gasteiger charge is 2.25. The minimum Gasteiger partial charge on any atom is -0.360 e. The number of amides is 1. The molecule has 2 heterocycles. The number of aromatic nitrogens is 2. The summed E-state index contributed by atoms with van der Waals surface area (Å²) in [7, 11) is 0. The molecule has 1 atom stereocenters. The van der Waals surface area contributed by atoms with Gasteiger partial charge in [0, 0.05) is 19.1 Å². The zero-order chi connectivity index (χ0) is 13.0. The van der Waals surface area contributed by atoms with Crippen LogP contribution in [0.2, 0.25) is 0 Å². The van der Waals surface area contributed by atoms with E-state index >= 15 is 0 Å². The Kier molecular flexibility index (Phi) is 4.52. The summed E-state index contributed by atoms with van der Waals surface area (Å²) in [5.41, 5.74) is 0. The van der Waals surface area contributed by atoms with Crippen LogP contribution in [0.4, 0.5) is 5.13 Å². The van der Waals surface area contributed by atoms with Crippen LogP contribution in [0.5, 0.6) is 0 Å². The molecule has 1 aliphatic heterocycles. The average molecular weight is 268 g/mol. The first-order valence-corrected chi connectivity index (χ1v) is 7.42. The zero-order valence-electron chi connectivity index (χ0n) is 11.0. The summed E-state index contributed by atoms with van der Waals surface area (Å²) in [5, 5.41) is 12.3. The Labute approximate surface area is 112 Å². The monoisotopic (exact) mass is 268 g/mol. The summed E-state index contributed by atoms with van der Waals surface area (Å²) in [6.07, 6.45) is 4.61. The maximum absolute atomic E-state index is 12.4. The first-order valence-electron chi connectivity index (χ1n) is 6.60. The molecule has 1 amide bonds. The molecule has 1 saturated heterocycles. The number of likely N-dealkylation sites (tertiary alicyclic amines) is 1. The molecule has 1 unspecified atom stereocenters. The van der Waals surface area contributed by atoms with E-state index in [-0.39, 0.29) is 5.91 Å². The molecule has 0 aliphatic carbocycles. The van der Waals surface area contributed by atoms with Gasteiger partial charge < -0.3 is 10.2 Å². The summed E-state index contributed by atoms with van der Waals surface area (Å²) in [4.78, 5) is 14.3. The molecule has 0 aromatic carbocycles. The number of carbonyl (C=O) groups is 1. The normalized spacial score (nSPS) is 20.6. The number of carbonyl (C=O) groups excluding carboxylic acids is 1. The second-order valence-electron chi connectivity index (χ2n) is 4.64. The van der Waals surface area contributed by atoms with Gasteiger partial charge in [0.15, 0.2) is 0 Å². The highest BCUT2D eigenvalue weighted by Crippen LogP contribution is 2.22. The molecular formula is C12H20N4OS. The molecule has 100 valence electrons. The number of nitrogens with zero attached hydrogens (tertiary/aromatic N) is 3. The van der Waals surface area contributed by atoms with Crippen molar-refractivity contribution in [2.45, 2.75) is 45.6 Å². The lowest BCUT2D eigenvalue weighted by molar-refractivity contribution is 0.0696. The van der Waals surface area contributed by atoms with E-state index in [0.717, 1.165) is 31.1 Å². The van der Waals surface area contributed by atoms with Gasteiger partial charge in [0.05, 0.1) is 0 Å². The van der Waals surface area contributed by atoms with Crippen LogP contribution in [-0.4, -0.2) is 40.1 Å². The van der Waals surface area contributed by atoms with Crippen LogP contribution in [0.3, 0.4) is 0 Å². The largest absolute Gasteiger partial charge is 0.360 e. The van der Waals surface area contributed by atoms with E-state index in [2.05, 4.69) is 22.4 Å². The van der Waals surface area contributed by atoms with Crippen LogP contribution in [0.15, 0.2) is 0 Å². The number of anilines is 1. The van der Waals surface area contributed by atoms with Gasteiger partial charge in [0.25, 0.3) is 5.91 Å². The van der Waals surface area contributed by atoms with Gasteiger partial charge in [0.2, 0.25) is 10.1 Å². The first-order chi connectivity index (χ1) is 8.72. The van der Waals surface area contributed by atoms with Crippen LogP contribution >= 0.6 is 11.3 Å². The summed E-state index contributed by atoms with van der Waals surface area (Å²) in [5.74, 6) is 0.0334. The number of nitrogens with one attached hydrogen (secondary N) is 1. The van der Waals surface area contributed by atoms with Crippen molar-refractivity contribution >= 4 is 22.4 Å². The Morgan fingerprint density at radius 1 is 1.44 bits per heavy atom. The van der Waals surface area contributed by atoms with E-state index in [4.69, 9.17) is 0 Å². The van der Waals surface area contributed by atoms with Crippen LogP contribution in [-0.2, 0) is 0 Å². The zero-order valence-corrected chi connectivity index (χ0v) is 11.8. The van der Waals surface area contributed by atoms with E-state index in [1.165, 1.54) is 24.2 Å². The molecule has 1 aromatic rings. The van der Waals surface area contributed by atoms with E-state index in [1.54, 1.807) is 0 Å². The molecule has 5 nitrogen and oxygen atoms in total. The second-order valence-corrected chi connectivity index (χ2v) is 5.62. The highest BCUT2D eigenvalue weighted by molar-refractivity contribution is 7.17. The Hall–Kier alpha value is -1.17. The Morgan fingerprint density at radius 2 is 2.28 bits per heavy atom. The summed E-state index contributed by atoms with van der Waals surface area (Å²) in [6, 6.07) is 0.312. The fraction of sp³-hybridized carbons (Fsp3) is 0.750. The van der Waals surface area contributed by atoms with Gasteiger partial charge in [-0.05, 0) is 26.7 Å². The first kappa shape index (κ1) is 13.3. The van der Waals surface area contributed by atoms with Crippen molar-refractivity contribution in [2.24, 2.45) is 0 Å². The molecule has 0 radical (unpaired) electrons. The average Bonchev–Trinajstić information content (AvgIpc) is 2.71. The van der Waals surface area contributed by atoms with Crippen molar-refractivity contribution in [3.63, 3.8) is 0 Å². The minimum absolute atomic E-state index is 0.0334. The van der Waals surface area contributed by atoms with E-state index in [9.17, 15) is 4.79 Å². The quantitative estimate of drug-likeness (QED) is 0.914. The summed E-state index contributed by atoms with van der Waals surface area (Å²) < 4.78 is 0. The van der Waals surface area contributed by atoms with Gasteiger partial charge in [-0.15, -0.1) is 10.2 Å². The molecular weight excluding hydrogens is 248 g/mol. The third-order valence-corrected chi connectivity index (χ3v) is 4.12. The lowest BCUT2D eigenvalue weighted by Gasteiger charge is -2.25. The van der Waals surface area contributed by atoms with Gasteiger partial charge in [-0.2, -0.15) is 0 Å². The molecule has 0 bridgehead atoms. The molecule has 1 N–H and O–H groups in total. The Balaban J connectivity index is 2.08. The van der Waals surface area contributed by atoms with Crippen molar-refractivity contribution in [1.82, 2.24) is 15.1 Å². The Morgan fingerprint density at radius 3 is 3.06 bits per heavy atom. The molecule has 0 spiro atoms.